The summed E-state index contributed by atoms with van der Waals surface area (Å²) in [7, 11) is 1.70. The van der Waals surface area contributed by atoms with Gasteiger partial charge in [-0.05, 0) is 75.6 Å². The lowest BCUT2D eigenvalue weighted by atomic mass is 9.77. The Kier molecular flexibility index (Phi) is 7.11. The topological polar surface area (TPSA) is 68.7 Å². The van der Waals surface area contributed by atoms with Crippen molar-refractivity contribution in [1.29, 1.82) is 0 Å². The van der Waals surface area contributed by atoms with E-state index in [0.29, 0.717) is 18.3 Å². The monoisotopic (exact) mass is 412 g/mol. The molecule has 1 amide bonds. The van der Waals surface area contributed by atoms with Crippen LogP contribution in [0.5, 0.6) is 0 Å². The highest BCUT2D eigenvalue weighted by molar-refractivity contribution is 5.81. The van der Waals surface area contributed by atoms with Gasteiger partial charge in [0, 0.05) is 18.1 Å². The second-order valence-electron chi connectivity index (χ2n) is 9.32. The van der Waals surface area contributed by atoms with Crippen LogP contribution in [-0.4, -0.2) is 43.7 Å². The van der Waals surface area contributed by atoms with Gasteiger partial charge in [0.2, 0.25) is 5.91 Å². The minimum Gasteiger partial charge on any atom is -0.464 e. The normalized spacial score (nSPS) is 24.8. The number of para-hydroxylation sites is 1. The number of benzene rings is 1. The molecule has 0 radical (unpaired) electrons. The quantitative estimate of drug-likeness (QED) is 0.682. The Labute approximate surface area is 179 Å². The number of carbonyl (C=O) groups excluding carboxylic acids is 1. The summed E-state index contributed by atoms with van der Waals surface area (Å²) in [6, 6.07) is 8.40. The van der Waals surface area contributed by atoms with Crippen LogP contribution in [0.15, 0.2) is 34.9 Å². The van der Waals surface area contributed by atoms with Gasteiger partial charge in [-0.25, -0.2) is 0 Å². The Bertz CT molecular complexity index is 817. The second-order valence-corrected chi connectivity index (χ2v) is 9.32. The molecule has 4 rings (SSSR count). The number of primary amides is 1. The molecule has 1 unspecified atom stereocenters. The largest absolute Gasteiger partial charge is 0.464 e. The van der Waals surface area contributed by atoms with E-state index in [1.807, 2.05) is 12.3 Å². The van der Waals surface area contributed by atoms with Crippen LogP contribution in [0.2, 0.25) is 0 Å². The van der Waals surface area contributed by atoms with Crippen LogP contribution in [0.4, 0.5) is 0 Å². The van der Waals surface area contributed by atoms with Crippen molar-refractivity contribution in [3.63, 3.8) is 0 Å². The molecule has 1 aromatic carbocycles. The Balaban J connectivity index is 1.19. The summed E-state index contributed by atoms with van der Waals surface area (Å²) in [6.45, 7) is 3.58. The zero-order valence-electron chi connectivity index (χ0n) is 18.2. The van der Waals surface area contributed by atoms with E-state index in [-0.39, 0.29) is 12.0 Å². The molecule has 2 aliphatic rings. The van der Waals surface area contributed by atoms with Gasteiger partial charge < -0.3 is 19.8 Å². The van der Waals surface area contributed by atoms with E-state index in [4.69, 9.17) is 14.9 Å². The van der Waals surface area contributed by atoms with E-state index >= 15 is 0 Å². The average molecular weight is 413 g/mol. The molecule has 5 heteroatoms. The van der Waals surface area contributed by atoms with Gasteiger partial charge in [0.1, 0.15) is 5.58 Å². The summed E-state index contributed by atoms with van der Waals surface area (Å²) < 4.78 is 11.3. The fraction of sp³-hybridized carbons (Fsp3) is 0.640. The van der Waals surface area contributed by atoms with E-state index in [0.717, 1.165) is 24.3 Å². The molecular weight excluding hydrogens is 376 g/mol. The van der Waals surface area contributed by atoms with Gasteiger partial charge in [0.25, 0.3) is 0 Å². The lowest BCUT2D eigenvalue weighted by Gasteiger charge is -2.35. The Hall–Kier alpha value is -1.85. The van der Waals surface area contributed by atoms with Crippen LogP contribution >= 0.6 is 0 Å². The molecule has 164 valence electrons. The van der Waals surface area contributed by atoms with Crippen LogP contribution in [0.3, 0.4) is 0 Å². The number of carbonyl (C=O) groups is 1. The summed E-state index contributed by atoms with van der Waals surface area (Å²) in [6.07, 6.45) is 10.9. The third-order valence-corrected chi connectivity index (χ3v) is 7.51. The third-order valence-electron chi connectivity index (χ3n) is 7.51. The van der Waals surface area contributed by atoms with Gasteiger partial charge >= 0.3 is 0 Å². The maximum absolute atomic E-state index is 11.2. The van der Waals surface area contributed by atoms with Crippen molar-refractivity contribution in [3.8, 4) is 0 Å². The summed E-state index contributed by atoms with van der Waals surface area (Å²) in [5.41, 5.74) is 7.78. The highest BCUT2D eigenvalue weighted by Crippen LogP contribution is 2.36. The van der Waals surface area contributed by atoms with Gasteiger partial charge in [-0.3, -0.25) is 4.79 Å². The number of fused-ring (bicyclic) bond motifs is 1. The number of hydrogen-bond acceptors (Lipinski definition) is 4. The second kappa shape index (κ2) is 9.97. The molecule has 1 saturated heterocycles. The Morgan fingerprint density at radius 2 is 1.90 bits per heavy atom. The van der Waals surface area contributed by atoms with Crippen molar-refractivity contribution in [2.24, 2.45) is 17.6 Å². The number of nitrogens with zero attached hydrogens (tertiary/aromatic N) is 1. The number of furan rings is 1. The highest BCUT2D eigenvalue weighted by atomic mass is 16.5. The van der Waals surface area contributed by atoms with Gasteiger partial charge in [-0.15, -0.1) is 0 Å². The molecule has 2 aromatic rings. The van der Waals surface area contributed by atoms with Crippen molar-refractivity contribution in [2.45, 2.75) is 63.4 Å². The lowest BCUT2D eigenvalue weighted by Crippen LogP contribution is -2.35. The van der Waals surface area contributed by atoms with Crippen LogP contribution in [0, 0.1) is 11.8 Å². The molecule has 2 N–H and O–H groups in total. The van der Waals surface area contributed by atoms with Crippen LogP contribution in [0.25, 0.3) is 11.0 Å². The van der Waals surface area contributed by atoms with Crippen molar-refractivity contribution in [1.82, 2.24) is 4.90 Å². The number of methoxy groups -OCH3 is 1. The zero-order valence-corrected chi connectivity index (χ0v) is 18.2. The van der Waals surface area contributed by atoms with Gasteiger partial charge in [0.05, 0.1) is 18.8 Å². The fourth-order valence-corrected chi connectivity index (χ4v) is 5.64. The highest BCUT2D eigenvalue weighted by Gasteiger charge is 2.29. The number of likely N-dealkylation sites (tertiary alicyclic amines) is 1. The molecule has 1 aliphatic heterocycles. The first-order valence-electron chi connectivity index (χ1n) is 11.6. The number of rotatable bonds is 8. The van der Waals surface area contributed by atoms with Crippen molar-refractivity contribution >= 4 is 16.9 Å². The molecule has 1 aliphatic carbocycles. The minimum absolute atomic E-state index is 0.00137. The number of hydrogen-bond donors (Lipinski definition) is 1. The molecule has 30 heavy (non-hydrogen) atoms. The number of amides is 1. The maximum Gasteiger partial charge on any atom is 0.220 e. The maximum atomic E-state index is 11.2. The molecule has 2 fully saturated rings. The molecule has 5 nitrogen and oxygen atoms in total. The predicted molar refractivity (Wildman–Crippen MR) is 119 cm³/mol. The van der Waals surface area contributed by atoms with Gasteiger partial charge in [-0.1, -0.05) is 31.0 Å². The van der Waals surface area contributed by atoms with Crippen LogP contribution in [-0.2, 0) is 9.53 Å². The first-order valence-corrected chi connectivity index (χ1v) is 11.6. The lowest BCUT2D eigenvalue weighted by molar-refractivity contribution is -0.121. The van der Waals surface area contributed by atoms with Crippen LogP contribution < -0.4 is 5.73 Å². The number of piperidine rings is 1. The number of nitrogens with two attached hydrogens (primary N) is 1. The van der Waals surface area contributed by atoms with Gasteiger partial charge in [0.15, 0.2) is 0 Å². The minimum atomic E-state index is -0.254. The van der Waals surface area contributed by atoms with Crippen molar-refractivity contribution in [3.05, 3.63) is 36.1 Å². The molecule has 0 bridgehead atoms. The first-order chi connectivity index (χ1) is 14.6. The van der Waals surface area contributed by atoms with E-state index in [2.05, 4.69) is 23.1 Å². The first kappa shape index (κ1) is 21.4. The van der Waals surface area contributed by atoms with E-state index in [9.17, 15) is 4.79 Å². The zero-order chi connectivity index (χ0) is 20.9. The van der Waals surface area contributed by atoms with Crippen LogP contribution in [0.1, 0.15) is 62.8 Å². The summed E-state index contributed by atoms with van der Waals surface area (Å²) in [5.74, 6) is 1.66. The molecule has 1 aromatic heterocycles. The molecule has 1 atom stereocenters. The van der Waals surface area contributed by atoms with E-state index < -0.39 is 0 Å². The SMILES string of the molecule is COC(CC(N)=O)C1CCC(CCN2CCC(c3coc4ccccc34)CC2)CC1. The summed E-state index contributed by atoms with van der Waals surface area (Å²) >= 11 is 0. The Morgan fingerprint density at radius 3 is 2.60 bits per heavy atom. The summed E-state index contributed by atoms with van der Waals surface area (Å²) in [4.78, 5) is 13.9. The Morgan fingerprint density at radius 1 is 1.17 bits per heavy atom. The van der Waals surface area contributed by atoms with Crippen molar-refractivity contribution < 1.29 is 13.9 Å². The van der Waals surface area contributed by atoms with Crippen molar-refractivity contribution in [2.75, 3.05) is 26.7 Å². The fourth-order valence-electron chi connectivity index (χ4n) is 5.64. The van der Waals surface area contributed by atoms with E-state index in [1.165, 1.54) is 62.7 Å². The number of ether oxygens (including phenoxy) is 1. The molecule has 0 spiro atoms. The average Bonchev–Trinajstić information content (AvgIpc) is 3.21. The van der Waals surface area contributed by atoms with E-state index in [1.54, 1.807) is 7.11 Å². The predicted octanol–water partition coefficient (Wildman–Crippen LogP) is 4.70. The molecular formula is C25H36N2O3. The third kappa shape index (κ3) is 5.06. The molecule has 2 heterocycles. The smallest absolute Gasteiger partial charge is 0.220 e. The summed E-state index contributed by atoms with van der Waals surface area (Å²) in [5, 5.41) is 1.29. The molecule has 1 saturated carbocycles. The van der Waals surface area contributed by atoms with Gasteiger partial charge in [-0.2, -0.15) is 0 Å². The standard InChI is InChI=1S/C25H36N2O3/c1-29-24(16-25(26)28)20-8-6-18(7-9-20)10-13-27-14-11-19(12-15-27)22-17-30-23-5-3-2-4-21(22)23/h2-5,17-20,24H,6-16H2,1H3,(H2,26,28).